The van der Waals surface area contributed by atoms with Crippen molar-refractivity contribution in [2.24, 2.45) is 0 Å². The highest BCUT2D eigenvalue weighted by Crippen LogP contribution is 2.45. The van der Waals surface area contributed by atoms with Crippen LogP contribution in [0.25, 0.3) is 219 Å². The van der Waals surface area contributed by atoms with Crippen LogP contribution in [-0.4, -0.2) is 44.0 Å². The number of hydrogen-bond donors (Lipinski definition) is 7. The lowest BCUT2D eigenvalue weighted by Gasteiger charge is -2.08. The van der Waals surface area contributed by atoms with E-state index < -0.39 is 0 Å². The molecule has 0 radical (unpaired) electrons. The zero-order valence-corrected chi connectivity index (χ0v) is 60.7. The van der Waals surface area contributed by atoms with E-state index in [0.717, 1.165) is 6.42 Å². The minimum atomic E-state index is 1.06. The first-order valence-corrected chi connectivity index (χ1v) is 38.4. The summed E-state index contributed by atoms with van der Waals surface area (Å²) >= 11 is 0. The molecule has 27 rings (SSSR count). The van der Waals surface area contributed by atoms with Gasteiger partial charge in [-0.1, -0.05) is 249 Å². The highest BCUT2D eigenvalue weighted by Gasteiger charge is 2.23. The Morgan fingerprint density at radius 1 is 0.179 bits per heavy atom. The lowest BCUT2D eigenvalue weighted by atomic mass is 10.0. The fourth-order valence-electron chi connectivity index (χ4n) is 18.5. The smallest absolute Gasteiger partial charge is 0.0783 e. The molecule has 0 unspecified atom stereocenters. The molecule has 9 heteroatoms. The van der Waals surface area contributed by atoms with Gasteiger partial charge in [0, 0.05) is 169 Å². The van der Waals surface area contributed by atoms with Gasteiger partial charge in [-0.3, -0.25) is 0 Å². The quantitative estimate of drug-likeness (QED) is 0.0892. The fraction of sp³-hybridized carbons (Fsp3) is 0.00971. The van der Waals surface area contributed by atoms with E-state index in [-0.39, 0.29) is 0 Å². The van der Waals surface area contributed by atoms with Crippen molar-refractivity contribution in [3.8, 4) is 22.5 Å². The number of rotatable bonds is 2. The molecule has 112 heavy (non-hydrogen) atoms. The summed E-state index contributed by atoms with van der Waals surface area (Å²) < 4.78 is 4.74. The van der Waals surface area contributed by atoms with Crippen molar-refractivity contribution in [2.75, 3.05) is 0 Å². The lowest BCUT2D eigenvalue weighted by Crippen LogP contribution is -1.93. The first-order valence-electron chi connectivity index (χ1n) is 38.4. The van der Waals surface area contributed by atoms with Crippen LogP contribution in [0.5, 0.6) is 0 Å². The molecule has 1 aliphatic rings. The SMILES string of the molecule is c1ccc(-n2c3ccccc3c3c4c(ccc32)[nH]c2ccccc24)cc1.c1ccc(-n2c3ccccc3c3ccc4c5ccccc5[nH]c4c32)cc1.c1ccc2c(c1)Cc1cc3c(cc1-2)[nH]c1ccccc13.c1ccc2c(c1)[nH]c1c2ccc2c3ccccc3[nH]c21.c1ccc2c(c1)[nH]c1ccc3[nH]c4ccccc4c3c12. The lowest BCUT2D eigenvalue weighted by molar-refractivity contribution is 1.18. The van der Waals surface area contributed by atoms with Crippen molar-refractivity contribution < 1.29 is 0 Å². The summed E-state index contributed by atoms with van der Waals surface area (Å²) in [7, 11) is 0. The Bertz CT molecular complexity index is 8070. The molecule has 0 saturated heterocycles. The molecular formula is C103H69N9. The van der Waals surface area contributed by atoms with Gasteiger partial charge < -0.3 is 44.0 Å². The van der Waals surface area contributed by atoms with Gasteiger partial charge in [0.05, 0.1) is 38.6 Å². The van der Waals surface area contributed by atoms with Crippen molar-refractivity contribution in [1.82, 2.24) is 44.0 Å². The largest absolute Gasteiger partial charge is 0.354 e. The summed E-state index contributed by atoms with van der Waals surface area (Å²) in [6, 6.07) is 129. The van der Waals surface area contributed by atoms with Crippen molar-refractivity contribution >= 4 is 196 Å². The number of H-pyrrole nitrogens is 7. The standard InChI is InChI=1S/2C24H16N2.C19H13N.2C18H12N2/c1-2-8-16(9-3-1)26-22-13-7-5-11-18(22)20-15-14-19-17-10-4-6-12-21(17)25-23(19)24(20)26;1-2-8-16(9-3-1)26-21-13-7-5-11-18(21)24-22(26)15-14-20-23(24)17-10-4-6-12-19(17)25-20;1-2-6-14-12(5-1)9-13-10-17-15-7-3-4-8-18(15)20-19(17)11-16(13)14;1-3-7-15-11(5-1)13-9-10-14-12-6-2-4-8-16(12)20-18(14)17(13)19-15;1-3-7-13-11(5-1)17-15(19-13)9-10-16-18(17)12-6-2-4-8-14(12)20-16/h2*1-15,25H;1-8,10-11,20H,9H2;2*1-10,19-20H. The van der Waals surface area contributed by atoms with Crippen LogP contribution in [-0.2, 0) is 6.42 Å². The molecule has 9 aromatic heterocycles. The highest BCUT2D eigenvalue weighted by atomic mass is 15.0. The van der Waals surface area contributed by atoms with Gasteiger partial charge in [-0.15, -0.1) is 0 Å². The molecule has 0 bridgehead atoms. The van der Waals surface area contributed by atoms with Gasteiger partial charge in [0.1, 0.15) is 0 Å². The first-order chi connectivity index (χ1) is 55.6. The van der Waals surface area contributed by atoms with Gasteiger partial charge in [0.15, 0.2) is 0 Å². The molecule has 0 atom stereocenters. The van der Waals surface area contributed by atoms with Crippen LogP contribution in [0.4, 0.5) is 0 Å². The number of hydrogen-bond acceptors (Lipinski definition) is 0. The Labute approximate surface area is 640 Å². The highest BCUT2D eigenvalue weighted by molar-refractivity contribution is 6.30. The van der Waals surface area contributed by atoms with E-state index in [2.05, 4.69) is 408 Å². The first kappa shape index (κ1) is 63.1. The van der Waals surface area contributed by atoms with E-state index in [4.69, 9.17) is 0 Å². The van der Waals surface area contributed by atoms with Crippen molar-refractivity contribution in [1.29, 1.82) is 0 Å². The normalized spacial score (nSPS) is 12.1. The molecule has 0 aliphatic heterocycles. The molecule has 0 amide bonds. The van der Waals surface area contributed by atoms with E-state index in [0.29, 0.717) is 0 Å². The summed E-state index contributed by atoms with van der Waals surface area (Å²) in [4.78, 5) is 24.9. The van der Waals surface area contributed by atoms with Crippen LogP contribution in [0.3, 0.4) is 0 Å². The summed E-state index contributed by atoms with van der Waals surface area (Å²) in [5, 5.41) is 23.3. The maximum Gasteiger partial charge on any atom is 0.0783 e. The Balaban J connectivity index is 0.0000000839. The van der Waals surface area contributed by atoms with Crippen LogP contribution in [0, 0.1) is 0 Å². The predicted octanol–water partition coefficient (Wildman–Crippen LogP) is 27.6. The molecule has 9 heterocycles. The molecule has 17 aromatic carbocycles. The minimum Gasteiger partial charge on any atom is -0.354 e. The van der Waals surface area contributed by atoms with Crippen molar-refractivity contribution in [3.63, 3.8) is 0 Å². The maximum atomic E-state index is 3.67. The molecule has 0 fully saturated rings. The van der Waals surface area contributed by atoms with E-state index >= 15 is 0 Å². The van der Waals surface area contributed by atoms with E-state index in [1.54, 1.807) is 0 Å². The van der Waals surface area contributed by atoms with E-state index in [1.165, 1.54) is 230 Å². The average molecular weight is 1430 g/mol. The molecule has 7 N–H and O–H groups in total. The van der Waals surface area contributed by atoms with E-state index in [1.807, 2.05) is 0 Å². The number of benzene rings is 17. The molecule has 526 valence electrons. The van der Waals surface area contributed by atoms with Gasteiger partial charge in [0.2, 0.25) is 0 Å². The second-order valence-electron chi connectivity index (χ2n) is 29.5. The monoisotopic (exact) mass is 1430 g/mol. The van der Waals surface area contributed by atoms with Gasteiger partial charge in [-0.05, 0) is 144 Å². The Morgan fingerprint density at radius 3 is 1.06 bits per heavy atom. The number of para-hydroxylation sites is 11. The number of nitrogens with zero attached hydrogens (tertiary/aromatic N) is 2. The third kappa shape index (κ3) is 9.90. The third-order valence-corrected chi connectivity index (χ3v) is 23.4. The fourth-order valence-corrected chi connectivity index (χ4v) is 18.5. The third-order valence-electron chi connectivity index (χ3n) is 23.4. The molecule has 26 aromatic rings. The van der Waals surface area contributed by atoms with Gasteiger partial charge in [0.25, 0.3) is 0 Å². The zero-order chi connectivity index (χ0) is 73.5. The van der Waals surface area contributed by atoms with Gasteiger partial charge in [-0.2, -0.15) is 0 Å². The second-order valence-corrected chi connectivity index (χ2v) is 29.5. The molecule has 0 saturated carbocycles. The summed E-state index contributed by atoms with van der Waals surface area (Å²) in [5.74, 6) is 0. The molecule has 0 spiro atoms. The van der Waals surface area contributed by atoms with Gasteiger partial charge in [-0.25, -0.2) is 0 Å². The van der Waals surface area contributed by atoms with Crippen LogP contribution in [0.2, 0.25) is 0 Å². The van der Waals surface area contributed by atoms with Crippen LogP contribution < -0.4 is 0 Å². The summed E-state index contributed by atoms with van der Waals surface area (Å²) in [5.41, 5.74) is 29.8. The van der Waals surface area contributed by atoms with Crippen LogP contribution >= 0.6 is 0 Å². The number of aromatic nitrogens is 9. The molecular weight excluding hydrogens is 1360 g/mol. The van der Waals surface area contributed by atoms with Crippen molar-refractivity contribution in [3.05, 3.63) is 375 Å². The van der Waals surface area contributed by atoms with Crippen LogP contribution in [0.15, 0.2) is 364 Å². The molecule has 9 nitrogen and oxygen atoms in total. The summed E-state index contributed by atoms with van der Waals surface area (Å²) in [6.07, 6.45) is 1.06. The van der Waals surface area contributed by atoms with Gasteiger partial charge >= 0.3 is 0 Å². The summed E-state index contributed by atoms with van der Waals surface area (Å²) in [6.45, 7) is 0. The van der Waals surface area contributed by atoms with E-state index in [9.17, 15) is 0 Å². The number of fused-ring (bicyclic) bond motifs is 34. The second kappa shape index (κ2) is 25.3. The topological polar surface area (TPSA) is 120 Å². The number of nitrogens with one attached hydrogen (secondary N) is 7. The average Bonchev–Trinajstić information content (AvgIpc) is 1.47. The minimum absolute atomic E-state index is 1.06. The van der Waals surface area contributed by atoms with Crippen LogP contribution in [0.1, 0.15) is 11.1 Å². The Kier molecular flexibility index (Phi) is 14.2. The maximum absolute atomic E-state index is 3.67. The Hall–Kier alpha value is -15.1. The number of aromatic amines is 7. The zero-order valence-electron chi connectivity index (χ0n) is 60.7. The van der Waals surface area contributed by atoms with Crippen molar-refractivity contribution in [2.45, 2.75) is 6.42 Å². The predicted molar refractivity (Wildman–Crippen MR) is 475 cm³/mol. The molecule has 1 aliphatic carbocycles. The Morgan fingerprint density at radius 2 is 0.536 bits per heavy atom.